The average molecular weight is 338 g/mol. The maximum atomic E-state index is 12.3. The zero-order chi connectivity index (χ0) is 15.5. The Hall–Kier alpha value is 0.431. The second-order valence-corrected chi connectivity index (χ2v) is 26.5. The first kappa shape index (κ1) is 19.4. The summed E-state index contributed by atoms with van der Waals surface area (Å²) in [6.45, 7) is 19.8. The van der Waals surface area contributed by atoms with Gasteiger partial charge in [0, 0.05) is 5.75 Å². The number of rotatable bonds is 7. The van der Waals surface area contributed by atoms with Crippen LogP contribution in [-0.2, 0) is 9.22 Å². The molecule has 0 aliphatic carbocycles. The lowest BCUT2D eigenvalue weighted by Crippen LogP contribution is -2.54. The SMILES string of the molecule is C[Si](C)(C)NC(CS[Si](C)(C)C)C(=O)O[Si](C)(C)C. The largest absolute Gasteiger partial charge is 0.519 e. The van der Waals surface area contributed by atoms with Crippen LogP contribution in [0.2, 0.25) is 58.9 Å². The molecule has 0 saturated heterocycles. The Morgan fingerprint density at radius 2 is 1.53 bits per heavy atom. The van der Waals surface area contributed by atoms with E-state index in [1.165, 1.54) is 0 Å². The lowest BCUT2D eigenvalue weighted by Gasteiger charge is -2.30. The van der Waals surface area contributed by atoms with Gasteiger partial charge in [-0.2, -0.15) is 11.2 Å². The Kier molecular flexibility index (Phi) is 7.08. The van der Waals surface area contributed by atoms with E-state index in [-0.39, 0.29) is 12.0 Å². The number of nitrogens with one attached hydrogen (secondary N) is 1. The second-order valence-electron chi connectivity index (χ2n) is 7.90. The molecule has 0 radical (unpaired) electrons. The Labute approximate surface area is 126 Å². The molecule has 0 saturated carbocycles. The molecule has 0 rings (SSSR count). The van der Waals surface area contributed by atoms with E-state index < -0.39 is 23.8 Å². The van der Waals surface area contributed by atoms with Crippen molar-refractivity contribution in [2.75, 3.05) is 5.75 Å². The van der Waals surface area contributed by atoms with Crippen LogP contribution in [0, 0.1) is 0 Å². The van der Waals surface area contributed by atoms with Crippen molar-refractivity contribution < 1.29 is 9.22 Å². The van der Waals surface area contributed by atoms with Crippen molar-refractivity contribution in [3.63, 3.8) is 0 Å². The van der Waals surface area contributed by atoms with E-state index in [2.05, 4.69) is 63.9 Å². The van der Waals surface area contributed by atoms with Crippen LogP contribution in [0.15, 0.2) is 0 Å². The predicted octanol–water partition coefficient (Wildman–Crippen LogP) is 3.73. The van der Waals surface area contributed by atoms with Crippen molar-refractivity contribution in [2.24, 2.45) is 0 Å². The van der Waals surface area contributed by atoms with Gasteiger partial charge in [-0.05, 0) is 19.6 Å². The standard InChI is InChI=1S/C12H31NO2SSi3/c1-17(2,3)13-11(10-16-19(7,8)9)12(14)15-18(4,5)6/h11,13H,10H2,1-9H3. The Morgan fingerprint density at radius 3 is 1.84 bits per heavy atom. The normalized spacial score (nSPS) is 15.2. The summed E-state index contributed by atoms with van der Waals surface area (Å²) in [5.74, 6) is 0.788. The van der Waals surface area contributed by atoms with Crippen molar-refractivity contribution >= 4 is 41.0 Å². The Balaban J connectivity index is 4.72. The molecule has 0 fully saturated rings. The minimum Gasteiger partial charge on any atom is -0.519 e. The van der Waals surface area contributed by atoms with E-state index in [0.717, 1.165) is 5.75 Å². The minimum absolute atomic E-state index is 0.0488. The molecule has 0 aliphatic rings. The van der Waals surface area contributed by atoms with Crippen LogP contribution in [-0.4, -0.2) is 41.5 Å². The molecule has 114 valence electrons. The molecule has 0 amide bonds. The molecule has 0 spiro atoms. The van der Waals surface area contributed by atoms with Gasteiger partial charge in [0.1, 0.15) is 21.5 Å². The van der Waals surface area contributed by atoms with Crippen molar-refractivity contribution in [1.82, 2.24) is 4.98 Å². The average Bonchev–Trinajstić information content (AvgIpc) is 2.05. The maximum absolute atomic E-state index is 12.3. The molecular formula is C12H31NO2SSi3. The topological polar surface area (TPSA) is 38.3 Å². The molecule has 1 unspecified atom stereocenters. The second kappa shape index (κ2) is 6.93. The van der Waals surface area contributed by atoms with Crippen molar-refractivity contribution in [3.8, 4) is 0 Å². The fourth-order valence-corrected chi connectivity index (χ4v) is 6.44. The van der Waals surface area contributed by atoms with Gasteiger partial charge in [-0.1, -0.05) is 39.3 Å². The first-order chi connectivity index (χ1) is 8.20. The van der Waals surface area contributed by atoms with Crippen LogP contribution in [0.3, 0.4) is 0 Å². The highest BCUT2D eigenvalue weighted by molar-refractivity contribution is 8.28. The van der Waals surface area contributed by atoms with Crippen LogP contribution < -0.4 is 4.98 Å². The summed E-state index contributed by atoms with van der Waals surface area (Å²) in [7, 11) is -4.50. The van der Waals surface area contributed by atoms with Crippen LogP contribution >= 0.6 is 11.2 Å². The number of carbonyl (C=O) groups is 1. The van der Waals surface area contributed by atoms with Gasteiger partial charge in [-0.25, -0.2) is 0 Å². The molecule has 7 heteroatoms. The van der Waals surface area contributed by atoms with Crippen LogP contribution in [0.5, 0.6) is 0 Å². The third kappa shape index (κ3) is 11.9. The summed E-state index contributed by atoms with van der Waals surface area (Å²) >= 11 is 1.95. The molecule has 0 bridgehead atoms. The monoisotopic (exact) mass is 337 g/mol. The summed E-state index contributed by atoms with van der Waals surface area (Å²) in [6.07, 6.45) is 0. The van der Waals surface area contributed by atoms with Gasteiger partial charge in [-0.15, -0.1) is 0 Å². The molecule has 0 aromatic rings. The van der Waals surface area contributed by atoms with Gasteiger partial charge < -0.3 is 9.41 Å². The first-order valence-electron chi connectivity index (χ1n) is 6.84. The van der Waals surface area contributed by atoms with Crippen LogP contribution in [0.1, 0.15) is 0 Å². The van der Waals surface area contributed by atoms with Gasteiger partial charge >= 0.3 is 5.97 Å². The highest BCUT2D eigenvalue weighted by atomic mass is 32.4. The van der Waals surface area contributed by atoms with Gasteiger partial charge in [0.15, 0.2) is 0 Å². The molecule has 1 atom stereocenters. The summed E-state index contributed by atoms with van der Waals surface area (Å²) < 4.78 is 5.67. The van der Waals surface area contributed by atoms with Crippen molar-refractivity contribution in [1.29, 1.82) is 0 Å². The minimum atomic E-state index is -1.81. The van der Waals surface area contributed by atoms with E-state index >= 15 is 0 Å². The fourth-order valence-electron chi connectivity index (χ4n) is 1.40. The molecule has 3 nitrogen and oxygen atoms in total. The Morgan fingerprint density at radius 1 is 1.05 bits per heavy atom. The Bertz CT molecular complexity index is 306. The third-order valence-corrected chi connectivity index (χ3v) is 8.47. The molecule has 1 N–H and O–H groups in total. The van der Waals surface area contributed by atoms with E-state index in [4.69, 9.17) is 4.43 Å². The van der Waals surface area contributed by atoms with Crippen molar-refractivity contribution in [2.45, 2.75) is 65.0 Å². The predicted molar refractivity (Wildman–Crippen MR) is 95.5 cm³/mol. The smallest absolute Gasteiger partial charge is 0.310 e. The molecular weight excluding hydrogens is 306 g/mol. The zero-order valence-corrected chi connectivity index (χ0v) is 17.8. The lowest BCUT2D eigenvalue weighted by molar-refractivity contribution is -0.136. The molecule has 19 heavy (non-hydrogen) atoms. The maximum Gasteiger partial charge on any atom is 0.310 e. The van der Waals surface area contributed by atoms with E-state index in [9.17, 15) is 4.79 Å². The molecule has 0 aliphatic heterocycles. The van der Waals surface area contributed by atoms with E-state index in [1.807, 2.05) is 11.2 Å². The van der Waals surface area contributed by atoms with E-state index in [1.54, 1.807) is 0 Å². The van der Waals surface area contributed by atoms with E-state index in [0.29, 0.717) is 0 Å². The van der Waals surface area contributed by atoms with Gasteiger partial charge in [0.05, 0.1) is 0 Å². The molecule has 0 aromatic carbocycles. The first-order valence-corrected chi connectivity index (χ1v) is 19.0. The number of carbonyl (C=O) groups excluding carboxylic acids is 1. The summed E-state index contributed by atoms with van der Waals surface area (Å²) in [5, 5.41) is 0. The van der Waals surface area contributed by atoms with Crippen LogP contribution in [0.4, 0.5) is 0 Å². The quantitative estimate of drug-likeness (QED) is 0.718. The van der Waals surface area contributed by atoms with Crippen LogP contribution in [0.25, 0.3) is 0 Å². The van der Waals surface area contributed by atoms with Gasteiger partial charge in [0.25, 0.3) is 0 Å². The summed E-state index contributed by atoms with van der Waals surface area (Å²) in [5.41, 5.74) is 0. The third-order valence-electron chi connectivity index (χ3n) is 1.98. The summed E-state index contributed by atoms with van der Waals surface area (Å²) in [4.78, 5) is 15.9. The number of hydrogen-bond acceptors (Lipinski definition) is 4. The van der Waals surface area contributed by atoms with Gasteiger partial charge in [0.2, 0.25) is 8.32 Å². The molecule has 0 heterocycles. The summed E-state index contributed by atoms with van der Waals surface area (Å²) in [6, 6.07) is -0.143. The van der Waals surface area contributed by atoms with Crippen molar-refractivity contribution in [3.05, 3.63) is 0 Å². The highest BCUT2D eigenvalue weighted by Gasteiger charge is 2.31. The highest BCUT2D eigenvalue weighted by Crippen LogP contribution is 2.21. The fraction of sp³-hybridized carbons (Fsp3) is 0.917. The zero-order valence-electron chi connectivity index (χ0n) is 14.0. The van der Waals surface area contributed by atoms with Gasteiger partial charge in [-0.3, -0.25) is 4.79 Å². The number of hydrogen-bond donors (Lipinski definition) is 1. The lowest BCUT2D eigenvalue weighted by atomic mass is 10.4. The molecule has 0 aromatic heterocycles.